The molecule has 0 amide bonds. The number of rotatable bonds is 5. The van der Waals surface area contributed by atoms with Gasteiger partial charge in [-0.1, -0.05) is 29.8 Å². The van der Waals surface area contributed by atoms with Gasteiger partial charge in [0.15, 0.2) is 5.69 Å². The summed E-state index contributed by atoms with van der Waals surface area (Å²) in [5, 5.41) is 10.5. The molecule has 0 radical (unpaired) electrons. The van der Waals surface area contributed by atoms with Gasteiger partial charge in [-0.25, -0.2) is 9.18 Å². The molecule has 4 nitrogen and oxygen atoms in total. The zero-order valence-corrected chi connectivity index (χ0v) is 14.7. The van der Waals surface area contributed by atoms with Crippen molar-refractivity contribution in [1.82, 2.24) is 4.57 Å². The van der Waals surface area contributed by atoms with E-state index in [4.69, 9.17) is 11.6 Å². The molecule has 1 heterocycles. The largest absolute Gasteiger partial charge is 0.476 e. The molecule has 0 spiro atoms. The first-order chi connectivity index (χ1) is 12.0. The lowest BCUT2D eigenvalue weighted by Gasteiger charge is -2.21. The van der Waals surface area contributed by atoms with Gasteiger partial charge in [-0.2, -0.15) is 0 Å². The summed E-state index contributed by atoms with van der Waals surface area (Å²) >= 11 is 5.99. The summed E-state index contributed by atoms with van der Waals surface area (Å²) in [4.78, 5) is 14.1. The van der Waals surface area contributed by atoms with Gasteiger partial charge in [0, 0.05) is 30.2 Å². The Morgan fingerprint density at radius 3 is 2.40 bits per heavy atom. The van der Waals surface area contributed by atoms with Crippen LogP contribution < -0.4 is 4.90 Å². The topological polar surface area (TPSA) is 45.5 Å². The molecule has 0 fully saturated rings. The van der Waals surface area contributed by atoms with E-state index in [9.17, 15) is 14.3 Å². The first-order valence-corrected chi connectivity index (χ1v) is 8.44. The van der Waals surface area contributed by atoms with Crippen LogP contribution in [-0.4, -0.2) is 28.7 Å². The smallest absolute Gasteiger partial charge is 0.355 e. The molecule has 1 aromatic heterocycles. The van der Waals surface area contributed by atoms with Gasteiger partial charge in [0.05, 0.1) is 16.2 Å². The minimum atomic E-state index is -1.07. The van der Waals surface area contributed by atoms with Crippen molar-refractivity contribution in [1.29, 1.82) is 0 Å². The zero-order valence-electron chi connectivity index (χ0n) is 14.0. The number of anilines is 1. The molecule has 25 heavy (non-hydrogen) atoms. The number of halogens is 2. The number of carboxylic acid groups (broad SMARTS) is 1. The molecular weight excluding hydrogens is 343 g/mol. The summed E-state index contributed by atoms with van der Waals surface area (Å²) in [5.41, 5.74) is 1.79. The Labute approximate surface area is 150 Å². The van der Waals surface area contributed by atoms with Crippen molar-refractivity contribution in [3.8, 4) is 5.69 Å². The lowest BCUT2D eigenvalue weighted by atomic mass is 10.2. The molecule has 0 saturated carbocycles. The average Bonchev–Trinajstić information content (AvgIpc) is 2.92. The second-order valence-corrected chi connectivity index (χ2v) is 6.04. The van der Waals surface area contributed by atoms with Crippen LogP contribution >= 0.6 is 11.6 Å². The second kappa shape index (κ2) is 6.76. The van der Waals surface area contributed by atoms with E-state index in [1.807, 2.05) is 36.9 Å². The number of benzene rings is 2. The summed E-state index contributed by atoms with van der Waals surface area (Å²) in [6, 6.07) is 11.9. The lowest BCUT2D eigenvalue weighted by Crippen LogP contribution is -2.24. The summed E-state index contributed by atoms with van der Waals surface area (Å²) in [7, 11) is 0. The van der Waals surface area contributed by atoms with Crippen molar-refractivity contribution < 1.29 is 14.3 Å². The van der Waals surface area contributed by atoms with E-state index >= 15 is 0 Å². The maximum Gasteiger partial charge on any atom is 0.355 e. The summed E-state index contributed by atoms with van der Waals surface area (Å²) in [6.07, 6.45) is 0. The molecule has 0 aliphatic heterocycles. The fraction of sp³-hybridized carbons (Fsp3) is 0.211. The van der Waals surface area contributed by atoms with Crippen molar-refractivity contribution >= 4 is 34.2 Å². The van der Waals surface area contributed by atoms with Crippen LogP contribution in [0.1, 0.15) is 24.3 Å². The fourth-order valence-electron chi connectivity index (χ4n) is 3.17. The van der Waals surface area contributed by atoms with Crippen LogP contribution in [0.25, 0.3) is 16.6 Å². The van der Waals surface area contributed by atoms with E-state index in [-0.39, 0.29) is 10.7 Å². The third kappa shape index (κ3) is 2.85. The molecule has 2 aromatic carbocycles. The van der Waals surface area contributed by atoms with E-state index in [0.717, 1.165) is 0 Å². The molecule has 3 aromatic rings. The lowest BCUT2D eigenvalue weighted by molar-refractivity contribution is 0.0689. The van der Waals surface area contributed by atoms with Gasteiger partial charge in [-0.15, -0.1) is 0 Å². The Kier molecular flexibility index (Phi) is 4.68. The molecule has 0 atom stereocenters. The third-order valence-corrected chi connectivity index (χ3v) is 4.57. The quantitative estimate of drug-likeness (QED) is 0.698. The number of nitrogens with zero attached hydrogens (tertiary/aromatic N) is 2. The molecular formula is C19H18ClFN2O2. The van der Waals surface area contributed by atoms with Gasteiger partial charge in [0.25, 0.3) is 0 Å². The average molecular weight is 361 g/mol. The summed E-state index contributed by atoms with van der Waals surface area (Å²) < 4.78 is 15.7. The van der Waals surface area contributed by atoms with Crippen LogP contribution in [0.5, 0.6) is 0 Å². The second-order valence-electron chi connectivity index (χ2n) is 5.63. The number of para-hydroxylation sites is 1. The number of aromatic carboxylic acids is 1. The van der Waals surface area contributed by atoms with Crippen LogP contribution in [0, 0.1) is 5.82 Å². The van der Waals surface area contributed by atoms with Crippen LogP contribution in [-0.2, 0) is 0 Å². The van der Waals surface area contributed by atoms with Crippen molar-refractivity contribution in [3.63, 3.8) is 0 Å². The zero-order chi connectivity index (χ0) is 18.1. The number of hydrogen-bond donors (Lipinski definition) is 1. The van der Waals surface area contributed by atoms with E-state index in [2.05, 4.69) is 0 Å². The van der Waals surface area contributed by atoms with E-state index in [0.29, 0.717) is 35.4 Å². The van der Waals surface area contributed by atoms with Crippen LogP contribution in [0.3, 0.4) is 0 Å². The maximum atomic E-state index is 14.1. The Morgan fingerprint density at radius 2 is 1.84 bits per heavy atom. The normalized spacial score (nSPS) is 11.0. The molecule has 0 saturated heterocycles. The minimum Gasteiger partial charge on any atom is -0.476 e. The van der Waals surface area contributed by atoms with Gasteiger partial charge < -0.3 is 14.6 Å². The van der Waals surface area contributed by atoms with Gasteiger partial charge in [-0.3, -0.25) is 0 Å². The summed E-state index contributed by atoms with van der Waals surface area (Å²) in [6.45, 7) is 5.15. The maximum absolute atomic E-state index is 14.1. The van der Waals surface area contributed by atoms with E-state index in [1.54, 1.807) is 16.7 Å². The van der Waals surface area contributed by atoms with Crippen molar-refractivity contribution in [2.24, 2.45) is 0 Å². The molecule has 130 valence electrons. The van der Waals surface area contributed by atoms with E-state index < -0.39 is 11.8 Å². The Balaban J connectivity index is 2.51. The first-order valence-electron chi connectivity index (χ1n) is 8.06. The first kappa shape index (κ1) is 17.3. The van der Waals surface area contributed by atoms with Crippen molar-refractivity contribution in [2.45, 2.75) is 13.8 Å². The monoisotopic (exact) mass is 360 g/mol. The van der Waals surface area contributed by atoms with Crippen LogP contribution in [0.2, 0.25) is 5.02 Å². The third-order valence-electron chi connectivity index (χ3n) is 4.28. The minimum absolute atomic E-state index is 0.0249. The predicted octanol–water partition coefficient (Wildman–Crippen LogP) is 4.97. The molecule has 6 heteroatoms. The SMILES string of the molecule is CCN(CC)c1c(C(=O)O)n(-c2ccccc2)c2cc(F)c(Cl)cc12. The molecule has 0 aliphatic carbocycles. The van der Waals surface area contributed by atoms with E-state index in [1.165, 1.54) is 12.1 Å². The van der Waals surface area contributed by atoms with Gasteiger partial charge in [-0.05, 0) is 32.0 Å². The number of carbonyl (C=O) groups is 1. The molecule has 1 N–H and O–H groups in total. The highest BCUT2D eigenvalue weighted by molar-refractivity contribution is 6.31. The highest BCUT2D eigenvalue weighted by Crippen LogP contribution is 2.38. The van der Waals surface area contributed by atoms with Crippen LogP contribution in [0.15, 0.2) is 42.5 Å². The molecule has 3 rings (SSSR count). The van der Waals surface area contributed by atoms with Gasteiger partial charge >= 0.3 is 5.97 Å². The fourth-order valence-corrected chi connectivity index (χ4v) is 3.33. The Morgan fingerprint density at radius 1 is 1.20 bits per heavy atom. The highest BCUT2D eigenvalue weighted by atomic mass is 35.5. The van der Waals surface area contributed by atoms with Gasteiger partial charge in [0.2, 0.25) is 0 Å². The number of fused-ring (bicyclic) bond motifs is 1. The number of carboxylic acids is 1. The van der Waals surface area contributed by atoms with Crippen molar-refractivity contribution in [2.75, 3.05) is 18.0 Å². The van der Waals surface area contributed by atoms with Gasteiger partial charge in [0.1, 0.15) is 5.82 Å². The Hall–Kier alpha value is -2.53. The Bertz CT molecular complexity index is 934. The number of hydrogen-bond acceptors (Lipinski definition) is 2. The summed E-state index contributed by atoms with van der Waals surface area (Å²) in [5.74, 6) is -1.65. The predicted molar refractivity (Wildman–Crippen MR) is 98.8 cm³/mol. The standard InChI is InChI=1S/C19H18ClFN2O2/c1-3-22(4-2)17-13-10-14(20)15(21)11-16(13)23(18(17)19(24)25)12-8-6-5-7-9-12/h5-11H,3-4H2,1-2H3,(H,24,25). The molecule has 0 aliphatic rings. The highest BCUT2D eigenvalue weighted by Gasteiger charge is 2.27. The number of aromatic nitrogens is 1. The molecule has 0 bridgehead atoms. The molecule has 0 unspecified atom stereocenters. The van der Waals surface area contributed by atoms with Crippen LogP contribution in [0.4, 0.5) is 10.1 Å². The van der Waals surface area contributed by atoms with Crippen molar-refractivity contribution in [3.05, 3.63) is 59.0 Å².